The Bertz CT molecular complexity index is 503. The van der Waals surface area contributed by atoms with Gasteiger partial charge >= 0.3 is 0 Å². The first-order valence-corrected chi connectivity index (χ1v) is 7.19. The molecule has 1 aromatic carbocycles. The Labute approximate surface area is 110 Å². The van der Waals surface area contributed by atoms with E-state index in [0.29, 0.717) is 0 Å². The van der Waals surface area contributed by atoms with Crippen molar-refractivity contribution in [3.8, 4) is 11.1 Å². The minimum atomic E-state index is 0.737. The molecule has 0 atom stereocenters. The fraction of sp³-hybridized carbons (Fsp3) is 0.286. The second-order valence-corrected chi connectivity index (χ2v) is 5.69. The highest BCUT2D eigenvalue weighted by atomic mass is 35.5. The van der Waals surface area contributed by atoms with Gasteiger partial charge in [-0.3, -0.25) is 0 Å². The van der Waals surface area contributed by atoms with Gasteiger partial charge in [0.15, 0.2) is 0 Å². The molecule has 1 aliphatic carbocycles. The third kappa shape index (κ3) is 2.71. The fourth-order valence-corrected chi connectivity index (χ4v) is 2.76. The molecule has 1 aromatic heterocycles. The Morgan fingerprint density at radius 1 is 1.29 bits per heavy atom. The van der Waals surface area contributed by atoms with Crippen LogP contribution in [-0.2, 0) is 6.54 Å². The van der Waals surface area contributed by atoms with E-state index in [0.717, 1.165) is 17.6 Å². The third-order valence-corrected chi connectivity index (χ3v) is 3.98. The Hall–Kier alpha value is -0.830. The summed E-state index contributed by atoms with van der Waals surface area (Å²) in [6.07, 6.45) is 2.64. The topological polar surface area (TPSA) is 12.0 Å². The summed E-state index contributed by atoms with van der Waals surface area (Å²) >= 11 is 7.81. The van der Waals surface area contributed by atoms with Crippen LogP contribution in [0.5, 0.6) is 0 Å². The molecule has 0 bridgehead atoms. The molecule has 1 fully saturated rings. The van der Waals surface area contributed by atoms with Gasteiger partial charge in [-0.15, -0.1) is 0 Å². The van der Waals surface area contributed by atoms with E-state index in [-0.39, 0.29) is 0 Å². The molecule has 0 spiro atoms. The van der Waals surface area contributed by atoms with Gasteiger partial charge in [0.25, 0.3) is 0 Å². The van der Waals surface area contributed by atoms with E-state index in [1.54, 1.807) is 11.3 Å². The lowest BCUT2D eigenvalue weighted by molar-refractivity contribution is 0.689. The molecule has 1 heterocycles. The predicted molar refractivity (Wildman–Crippen MR) is 74.6 cm³/mol. The van der Waals surface area contributed by atoms with Crippen LogP contribution in [0.3, 0.4) is 0 Å². The standard InChI is InChI=1S/C14H14ClNS/c15-12-2-1-10(8-16-13-3-4-13)14(7-12)11-5-6-17-9-11/h1-2,5-7,9,13,16H,3-4,8H2. The highest BCUT2D eigenvalue weighted by Gasteiger charge is 2.20. The van der Waals surface area contributed by atoms with Crippen molar-refractivity contribution in [2.24, 2.45) is 0 Å². The van der Waals surface area contributed by atoms with Crippen LogP contribution in [-0.4, -0.2) is 6.04 Å². The zero-order chi connectivity index (χ0) is 11.7. The average molecular weight is 264 g/mol. The van der Waals surface area contributed by atoms with Crippen molar-refractivity contribution in [1.82, 2.24) is 5.32 Å². The van der Waals surface area contributed by atoms with Gasteiger partial charge in [-0.2, -0.15) is 11.3 Å². The van der Waals surface area contributed by atoms with E-state index in [4.69, 9.17) is 11.6 Å². The van der Waals surface area contributed by atoms with E-state index in [1.165, 1.54) is 29.5 Å². The minimum Gasteiger partial charge on any atom is -0.310 e. The zero-order valence-corrected chi connectivity index (χ0v) is 11.0. The van der Waals surface area contributed by atoms with Crippen LogP contribution in [0, 0.1) is 0 Å². The molecule has 2 aromatic rings. The molecule has 1 N–H and O–H groups in total. The quantitative estimate of drug-likeness (QED) is 0.866. The lowest BCUT2D eigenvalue weighted by Crippen LogP contribution is -2.15. The van der Waals surface area contributed by atoms with Gasteiger partial charge in [0, 0.05) is 17.6 Å². The minimum absolute atomic E-state index is 0.737. The second kappa shape index (κ2) is 4.81. The molecular weight excluding hydrogens is 250 g/mol. The summed E-state index contributed by atoms with van der Waals surface area (Å²) in [6.45, 7) is 0.938. The fourth-order valence-electron chi connectivity index (χ4n) is 1.93. The van der Waals surface area contributed by atoms with Crippen molar-refractivity contribution >= 4 is 22.9 Å². The summed E-state index contributed by atoms with van der Waals surface area (Å²) in [6, 6.07) is 9.05. The van der Waals surface area contributed by atoms with Crippen molar-refractivity contribution in [3.05, 3.63) is 45.6 Å². The van der Waals surface area contributed by atoms with Gasteiger partial charge in [0.1, 0.15) is 0 Å². The van der Waals surface area contributed by atoms with E-state index in [9.17, 15) is 0 Å². The van der Waals surface area contributed by atoms with Crippen LogP contribution in [0.25, 0.3) is 11.1 Å². The molecule has 88 valence electrons. The van der Waals surface area contributed by atoms with Crippen molar-refractivity contribution < 1.29 is 0 Å². The Morgan fingerprint density at radius 2 is 2.18 bits per heavy atom. The number of hydrogen-bond acceptors (Lipinski definition) is 2. The molecule has 1 saturated carbocycles. The maximum absolute atomic E-state index is 6.09. The van der Waals surface area contributed by atoms with E-state index >= 15 is 0 Å². The average Bonchev–Trinajstić information content (AvgIpc) is 3.00. The molecular formula is C14H14ClNS. The molecule has 0 radical (unpaired) electrons. The van der Waals surface area contributed by atoms with Gasteiger partial charge in [-0.05, 0) is 58.5 Å². The Balaban J connectivity index is 1.89. The van der Waals surface area contributed by atoms with Crippen molar-refractivity contribution in [3.63, 3.8) is 0 Å². The highest BCUT2D eigenvalue weighted by molar-refractivity contribution is 7.08. The molecule has 3 rings (SSSR count). The molecule has 3 heteroatoms. The van der Waals surface area contributed by atoms with Crippen LogP contribution in [0.4, 0.5) is 0 Å². The lowest BCUT2D eigenvalue weighted by atomic mass is 10.0. The van der Waals surface area contributed by atoms with E-state index in [2.05, 4.69) is 34.3 Å². The molecule has 0 unspecified atom stereocenters. The first kappa shape index (κ1) is 11.3. The van der Waals surface area contributed by atoms with Crippen molar-refractivity contribution in [1.29, 1.82) is 0 Å². The maximum Gasteiger partial charge on any atom is 0.0412 e. The van der Waals surface area contributed by atoms with Gasteiger partial charge in [-0.25, -0.2) is 0 Å². The second-order valence-electron chi connectivity index (χ2n) is 4.47. The van der Waals surface area contributed by atoms with E-state index < -0.39 is 0 Å². The van der Waals surface area contributed by atoms with Crippen LogP contribution in [0.15, 0.2) is 35.0 Å². The maximum atomic E-state index is 6.09. The number of thiophene rings is 1. The predicted octanol–water partition coefficient (Wildman–Crippen LogP) is 4.32. The van der Waals surface area contributed by atoms with Crippen LogP contribution in [0.1, 0.15) is 18.4 Å². The largest absolute Gasteiger partial charge is 0.310 e. The highest BCUT2D eigenvalue weighted by Crippen LogP contribution is 2.29. The SMILES string of the molecule is Clc1ccc(CNC2CC2)c(-c2ccsc2)c1. The molecule has 1 nitrogen and oxygen atoms in total. The lowest BCUT2D eigenvalue weighted by Gasteiger charge is -2.10. The summed E-state index contributed by atoms with van der Waals surface area (Å²) < 4.78 is 0. The van der Waals surface area contributed by atoms with Crippen LogP contribution >= 0.6 is 22.9 Å². The monoisotopic (exact) mass is 263 g/mol. The third-order valence-electron chi connectivity index (χ3n) is 3.06. The first-order valence-electron chi connectivity index (χ1n) is 5.87. The Kier molecular flexibility index (Phi) is 3.19. The summed E-state index contributed by atoms with van der Waals surface area (Å²) in [5.74, 6) is 0. The summed E-state index contributed by atoms with van der Waals surface area (Å²) in [4.78, 5) is 0. The van der Waals surface area contributed by atoms with Crippen LogP contribution in [0.2, 0.25) is 5.02 Å². The molecule has 1 aliphatic rings. The molecule has 17 heavy (non-hydrogen) atoms. The normalized spacial score (nSPS) is 15.1. The van der Waals surface area contributed by atoms with E-state index in [1.807, 2.05) is 6.07 Å². The van der Waals surface area contributed by atoms with Gasteiger partial charge in [0.05, 0.1) is 0 Å². The number of nitrogens with one attached hydrogen (secondary N) is 1. The zero-order valence-electron chi connectivity index (χ0n) is 9.45. The van der Waals surface area contributed by atoms with Gasteiger partial charge in [-0.1, -0.05) is 17.7 Å². The molecule has 0 aliphatic heterocycles. The molecule has 0 saturated heterocycles. The number of hydrogen-bond donors (Lipinski definition) is 1. The van der Waals surface area contributed by atoms with Gasteiger partial charge in [0.2, 0.25) is 0 Å². The van der Waals surface area contributed by atoms with Crippen LogP contribution < -0.4 is 5.32 Å². The number of halogens is 1. The number of benzene rings is 1. The van der Waals surface area contributed by atoms with Crippen molar-refractivity contribution in [2.45, 2.75) is 25.4 Å². The summed E-state index contributed by atoms with van der Waals surface area (Å²) in [5, 5.41) is 8.64. The summed E-state index contributed by atoms with van der Waals surface area (Å²) in [5.41, 5.74) is 3.86. The first-order chi connectivity index (χ1) is 8.33. The smallest absolute Gasteiger partial charge is 0.0412 e. The Morgan fingerprint density at radius 3 is 2.88 bits per heavy atom. The number of rotatable bonds is 4. The summed E-state index contributed by atoms with van der Waals surface area (Å²) in [7, 11) is 0. The van der Waals surface area contributed by atoms with Gasteiger partial charge < -0.3 is 5.32 Å². The van der Waals surface area contributed by atoms with Crippen molar-refractivity contribution in [2.75, 3.05) is 0 Å². The molecule has 0 amide bonds.